The normalized spacial score (nSPS) is 29.6. The molecule has 2 bridgehead atoms. The van der Waals surface area contributed by atoms with Gasteiger partial charge in [-0.05, 0) is 45.2 Å². The average Bonchev–Trinajstić information content (AvgIpc) is 3.42. The number of rotatable bonds is 5. The van der Waals surface area contributed by atoms with Gasteiger partial charge in [0.05, 0.1) is 17.8 Å². The number of nitrogens with zero attached hydrogens (tertiary/aromatic N) is 5. The first-order valence-corrected chi connectivity index (χ1v) is 11.2. The van der Waals surface area contributed by atoms with Crippen LogP contribution >= 0.6 is 0 Å². The van der Waals surface area contributed by atoms with Crippen molar-refractivity contribution >= 4 is 11.7 Å². The summed E-state index contributed by atoms with van der Waals surface area (Å²) >= 11 is 0. The van der Waals surface area contributed by atoms with E-state index in [0.29, 0.717) is 23.7 Å². The molecule has 4 saturated carbocycles. The number of hydrogen-bond acceptors (Lipinski definition) is 6. The molecule has 4 aliphatic carbocycles. The fourth-order valence-corrected chi connectivity index (χ4v) is 5.86. The predicted molar refractivity (Wildman–Crippen MR) is 112 cm³/mol. The van der Waals surface area contributed by atoms with Gasteiger partial charge in [-0.15, -0.1) is 13.2 Å². The largest absolute Gasteiger partial charge is 0.573 e. The number of alkyl halides is 3. The molecule has 3 heterocycles. The van der Waals surface area contributed by atoms with Crippen LogP contribution < -0.4 is 10.5 Å². The van der Waals surface area contributed by atoms with E-state index in [-0.39, 0.29) is 22.8 Å². The van der Waals surface area contributed by atoms with Gasteiger partial charge in [0.1, 0.15) is 5.82 Å². The summed E-state index contributed by atoms with van der Waals surface area (Å²) in [5, 5.41) is 0. The summed E-state index contributed by atoms with van der Waals surface area (Å²) in [4.78, 5) is 25.4. The van der Waals surface area contributed by atoms with Gasteiger partial charge in [-0.1, -0.05) is 0 Å². The zero-order chi connectivity index (χ0) is 23.2. The van der Waals surface area contributed by atoms with Crippen LogP contribution in [0.25, 0.3) is 11.3 Å². The molecule has 0 spiro atoms. The smallest absolute Gasteiger partial charge is 0.402 e. The van der Waals surface area contributed by atoms with Gasteiger partial charge in [-0.3, -0.25) is 9.69 Å². The predicted octanol–water partition coefficient (Wildman–Crippen LogP) is 2.71. The number of carbonyl (C=O) groups is 1. The van der Waals surface area contributed by atoms with Crippen molar-refractivity contribution in [2.75, 3.05) is 32.4 Å². The zero-order valence-corrected chi connectivity index (χ0v) is 18.2. The van der Waals surface area contributed by atoms with Crippen molar-refractivity contribution in [2.24, 2.45) is 0 Å². The van der Waals surface area contributed by atoms with Crippen molar-refractivity contribution in [3.05, 3.63) is 24.3 Å². The van der Waals surface area contributed by atoms with Gasteiger partial charge in [0.2, 0.25) is 5.91 Å². The maximum absolute atomic E-state index is 12.7. The van der Waals surface area contributed by atoms with Crippen LogP contribution in [0.3, 0.4) is 0 Å². The number of anilines is 1. The van der Waals surface area contributed by atoms with Gasteiger partial charge < -0.3 is 19.9 Å². The summed E-state index contributed by atoms with van der Waals surface area (Å²) in [5.74, 6) is 0.673. The molecule has 33 heavy (non-hydrogen) atoms. The third-order valence-corrected chi connectivity index (χ3v) is 7.55. The lowest BCUT2D eigenvalue weighted by atomic mass is 9.43. The van der Waals surface area contributed by atoms with Crippen molar-refractivity contribution in [1.82, 2.24) is 24.3 Å². The molecular weight excluding hydrogens is 437 g/mol. The number of halogens is 3. The molecule has 11 heteroatoms. The number of piperazine rings is 1. The molecule has 7 rings (SSSR count). The maximum Gasteiger partial charge on any atom is 0.573 e. The highest BCUT2D eigenvalue weighted by atomic mass is 19.4. The quantitative estimate of drug-likeness (QED) is 0.735. The molecule has 2 N–H and O–H groups in total. The standard InChI is InChI=1S/C22H25F3N6O2/c1-29-4-5-30(17(32)9-29)20-10-21(11-20,12-20)31-8-15(28-19(31)13-2-3-13)14-6-16(18(26)27-7-14)33-22(23,24)25/h6-8,13H,2-5,9-12H2,1H3,(H2,26,27). The second-order valence-electron chi connectivity index (χ2n) is 10.0. The van der Waals surface area contributed by atoms with E-state index < -0.39 is 12.1 Å². The molecule has 1 aliphatic heterocycles. The van der Waals surface area contributed by atoms with Crippen LogP contribution in [0.5, 0.6) is 5.75 Å². The highest BCUT2D eigenvalue weighted by Gasteiger charge is 2.72. The van der Waals surface area contributed by atoms with Crippen LogP contribution in [-0.2, 0) is 10.3 Å². The first-order valence-electron chi connectivity index (χ1n) is 11.2. The first-order chi connectivity index (χ1) is 15.6. The summed E-state index contributed by atoms with van der Waals surface area (Å²) in [6, 6.07) is 1.24. The molecule has 1 amide bonds. The molecule has 2 aromatic rings. The van der Waals surface area contributed by atoms with Crippen molar-refractivity contribution in [3.8, 4) is 17.0 Å². The third kappa shape index (κ3) is 3.27. The van der Waals surface area contributed by atoms with E-state index in [9.17, 15) is 18.0 Å². The molecule has 176 valence electrons. The summed E-state index contributed by atoms with van der Waals surface area (Å²) < 4.78 is 44.5. The van der Waals surface area contributed by atoms with E-state index in [1.807, 2.05) is 18.1 Å². The molecule has 0 radical (unpaired) electrons. The SMILES string of the molecule is CN1CCN(C23CC(n4cc(-c5cnc(N)c(OC(F)(F)F)c5)nc4C4CC4)(C2)C3)C(=O)C1. The second-order valence-corrected chi connectivity index (χ2v) is 10.0. The lowest BCUT2D eigenvalue weighted by Gasteiger charge is -2.74. The number of ether oxygens (including phenoxy) is 1. The van der Waals surface area contributed by atoms with Gasteiger partial charge in [-0.2, -0.15) is 0 Å². The zero-order valence-electron chi connectivity index (χ0n) is 18.2. The lowest BCUT2D eigenvalue weighted by molar-refractivity contribution is -0.274. The summed E-state index contributed by atoms with van der Waals surface area (Å²) in [5.41, 5.74) is 6.45. The number of carbonyl (C=O) groups excluding carboxylic acids is 1. The van der Waals surface area contributed by atoms with E-state index in [4.69, 9.17) is 10.7 Å². The molecule has 0 atom stereocenters. The number of aromatic nitrogens is 3. The lowest BCUT2D eigenvalue weighted by Crippen LogP contribution is -2.80. The van der Waals surface area contributed by atoms with Gasteiger partial charge in [0.25, 0.3) is 0 Å². The monoisotopic (exact) mass is 462 g/mol. The highest BCUT2D eigenvalue weighted by Crippen LogP contribution is 2.69. The second kappa shape index (κ2) is 6.62. The van der Waals surface area contributed by atoms with E-state index in [2.05, 4.69) is 19.2 Å². The Bertz CT molecular complexity index is 1120. The molecular formula is C22H25F3N6O2. The fourth-order valence-electron chi connectivity index (χ4n) is 5.86. The Labute approximate surface area is 188 Å². The van der Waals surface area contributed by atoms with Crippen molar-refractivity contribution in [1.29, 1.82) is 0 Å². The van der Waals surface area contributed by atoms with Crippen molar-refractivity contribution in [2.45, 2.75) is 55.5 Å². The number of nitrogens with two attached hydrogens (primary N) is 1. The Kier molecular flexibility index (Phi) is 4.16. The van der Waals surface area contributed by atoms with Crippen LogP contribution in [0.4, 0.5) is 19.0 Å². The number of pyridine rings is 1. The minimum atomic E-state index is -4.85. The van der Waals surface area contributed by atoms with Crippen LogP contribution in [0.2, 0.25) is 0 Å². The number of imidazole rings is 1. The summed E-state index contributed by atoms with van der Waals surface area (Å²) in [6.07, 6.45) is 3.29. The Hall–Kier alpha value is -2.82. The number of likely N-dealkylation sites (N-methyl/N-ethyl adjacent to an activating group) is 1. The molecule has 2 aromatic heterocycles. The van der Waals surface area contributed by atoms with Gasteiger partial charge in [-0.25, -0.2) is 9.97 Å². The third-order valence-electron chi connectivity index (χ3n) is 7.55. The van der Waals surface area contributed by atoms with Crippen LogP contribution in [0.1, 0.15) is 43.8 Å². The number of nitrogen functional groups attached to an aromatic ring is 1. The topological polar surface area (TPSA) is 89.5 Å². The van der Waals surface area contributed by atoms with E-state index in [1.165, 1.54) is 12.3 Å². The Morgan fingerprint density at radius 3 is 2.55 bits per heavy atom. The molecule has 0 aromatic carbocycles. The minimum absolute atomic E-state index is 0.0555. The molecule has 1 saturated heterocycles. The first kappa shape index (κ1) is 20.8. The maximum atomic E-state index is 12.7. The van der Waals surface area contributed by atoms with E-state index >= 15 is 0 Å². The van der Waals surface area contributed by atoms with E-state index in [0.717, 1.165) is 51.0 Å². The Balaban J connectivity index is 1.27. The van der Waals surface area contributed by atoms with Crippen LogP contribution in [0, 0.1) is 0 Å². The van der Waals surface area contributed by atoms with Crippen molar-refractivity contribution < 1.29 is 22.7 Å². The average molecular weight is 462 g/mol. The van der Waals surface area contributed by atoms with E-state index in [1.54, 1.807) is 0 Å². The summed E-state index contributed by atoms with van der Waals surface area (Å²) in [7, 11) is 1.96. The number of hydrogen-bond donors (Lipinski definition) is 1. The van der Waals surface area contributed by atoms with Crippen molar-refractivity contribution in [3.63, 3.8) is 0 Å². The molecule has 8 nitrogen and oxygen atoms in total. The number of amides is 1. The molecule has 0 unspecified atom stereocenters. The Morgan fingerprint density at radius 2 is 1.91 bits per heavy atom. The van der Waals surface area contributed by atoms with Crippen LogP contribution in [-0.4, -0.2) is 68.8 Å². The van der Waals surface area contributed by atoms with Gasteiger partial charge >= 0.3 is 6.36 Å². The fraction of sp³-hybridized carbons (Fsp3) is 0.591. The van der Waals surface area contributed by atoms with Gasteiger partial charge in [0, 0.05) is 42.5 Å². The highest BCUT2D eigenvalue weighted by molar-refractivity contribution is 5.80. The summed E-state index contributed by atoms with van der Waals surface area (Å²) in [6.45, 7) is 2.11. The van der Waals surface area contributed by atoms with Gasteiger partial charge in [0.15, 0.2) is 11.6 Å². The minimum Gasteiger partial charge on any atom is -0.402 e. The molecule has 5 aliphatic rings. The Morgan fingerprint density at radius 1 is 1.18 bits per heavy atom. The van der Waals surface area contributed by atoms with Crippen LogP contribution in [0.15, 0.2) is 18.5 Å². The molecule has 5 fully saturated rings.